The number of ether oxygens (including phenoxy) is 1. The van der Waals surface area contributed by atoms with E-state index in [2.05, 4.69) is 4.74 Å². The topological polar surface area (TPSA) is 32.8 Å². The molecule has 1 saturated heterocycles. The number of hydrogen-bond donors (Lipinski definition) is 0. The summed E-state index contributed by atoms with van der Waals surface area (Å²) in [5.74, 6) is 0. The maximum Gasteiger partial charge on any atom is 0.425 e. The maximum absolute atomic E-state index is 12.6. The number of rotatable bonds is 1. The number of alkyl halides is 3. The Morgan fingerprint density at radius 1 is 1.32 bits per heavy atom. The summed E-state index contributed by atoms with van der Waals surface area (Å²) in [5.41, 5.74) is -0.329. The molecule has 1 amide bonds. The molecule has 3 atom stereocenters. The molecule has 0 aliphatic carbocycles. The highest BCUT2D eigenvalue weighted by Crippen LogP contribution is 2.23. The van der Waals surface area contributed by atoms with Gasteiger partial charge >= 0.3 is 12.3 Å². The normalized spacial score (nSPS) is 31.9. The first kappa shape index (κ1) is 11.8. The molecule has 4 nitrogen and oxygen atoms in total. The molecule has 0 aromatic carbocycles. The molecule has 1 rings (SSSR count). The molecule has 0 N–H and O–H groups in total. The van der Waals surface area contributed by atoms with Gasteiger partial charge in [0.2, 0.25) is 0 Å². The van der Waals surface area contributed by atoms with Crippen LogP contribution in [-0.2, 0) is 4.74 Å². The van der Waals surface area contributed by atoms with Crippen LogP contribution in [0.4, 0.5) is 18.0 Å². The number of amides is 1. The fourth-order valence-electron chi connectivity index (χ4n) is 1.46. The van der Waals surface area contributed by atoms with Gasteiger partial charge in [-0.3, -0.25) is 4.90 Å². The third-order valence-electron chi connectivity index (χ3n) is 2.80. The van der Waals surface area contributed by atoms with E-state index in [0.29, 0.717) is 11.8 Å². The second-order valence-electron chi connectivity index (χ2n) is 5.27. The minimum atomic E-state index is -5.05. The molecule has 0 spiro atoms. The molecule has 1 aliphatic heterocycles. The molecule has 7 heteroatoms. The summed E-state index contributed by atoms with van der Waals surface area (Å²) in [5, 5.41) is 0. The number of nitrogens with zero attached hydrogens (tertiary/aromatic N) is 2. The average Bonchev–Trinajstić information content (AvgIpc) is 2.23. The molecule has 3 unspecified atom stereocenters. The summed E-state index contributed by atoms with van der Waals surface area (Å²) < 4.78 is 64.8. The summed E-state index contributed by atoms with van der Waals surface area (Å²) in [7, 11) is 0. The van der Waals surface area contributed by atoms with Crippen molar-refractivity contribution in [2.75, 3.05) is 26.1 Å². The van der Waals surface area contributed by atoms with Gasteiger partial charge in [0.15, 0.2) is 6.08 Å². The van der Waals surface area contributed by atoms with Crippen molar-refractivity contribution in [2.24, 2.45) is 0 Å². The minimum Gasteiger partial charge on any atom is -0.437 e. The van der Waals surface area contributed by atoms with Crippen molar-refractivity contribution in [3.63, 3.8) is 0 Å². The quantitative estimate of drug-likeness (QED) is 0.742. The second-order valence-corrected chi connectivity index (χ2v) is 5.27. The van der Waals surface area contributed by atoms with Gasteiger partial charge in [-0.2, -0.15) is 13.2 Å². The van der Waals surface area contributed by atoms with E-state index in [1.807, 2.05) is 20.8 Å². The molecule has 0 bridgehead atoms. The Morgan fingerprint density at radius 3 is 2.16 bits per heavy atom. The Bertz CT molecular complexity index is 415. The van der Waals surface area contributed by atoms with E-state index < -0.39 is 31.4 Å². The van der Waals surface area contributed by atoms with E-state index in [0.717, 1.165) is 0 Å². The fraction of sp³-hybridized carbons (Fsp3) is 0.917. The molecule has 0 aromatic heterocycles. The zero-order chi connectivity index (χ0) is 17.5. The lowest BCUT2D eigenvalue weighted by Crippen LogP contribution is -2.55. The number of carbonyl (C=O) groups excluding carboxylic acids is 1. The molecule has 19 heavy (non-hydrogen) atoms. The molecule has 112 valence electrons. The van der Waals surface area contributed by atoms with Gasteiger partial charge in [0, 0.05) is 31.7 Å². The Morgan fingerprint density at radius 2 is 1.79 bits per heavy atom. The Balaban J connectivity index is 2.84. The molecule has 1 aliphatic rings. The molecule has 0 radical (unpaired) electrons. The number of halogens is 3. The average molecular weight is 285 g/mol. The summed E-state index contributed by atoms with van der Waals surface area (Å²) in [6, 6.07) is 0. The lowest BCUT2D eigenvalue weighted by atomic mass is 10.1. The van der Waals surface area contributed by atoms with Crippen LogP contribution in [0.25, 0.3) is 0 Å². The Hall–Kier alpha value is -0.980. The van der Waals surface area contributed by atoms with Crippen molar-refractivity contribution >= 4 is 6.09 Å². The van der Waals surface area contributed by atoms with Crippen molar-refractivity contribution in [2.45, 2.75) is 45.5 Å². The van der Waals surface area contributed by atoms with Crippen molar-refractivity contribution in [3.05, 3.63) is 0 Å². The zero-order valence-electron chi connectivity index (χ0n) is 14.4. The van der Waals surface area contributed by atoms with Gasteiger partial charge in [0.05, 0.1) is 4.11 Å². The zero-order valence-corrected chi connectivity index (χ0v) is 11.4. The predicted molar refractivity (Wildman–Crippen MR) is 64.9 cm³/mol. The van der Waals surface area contributed by atoms with E-state index in [1.54, 1.807) is 4.90 Å². The van der Waals surface area contributed by atoms with E-state index in [1.165, 1.54) is 0 Å². The Labute approximate surface area is 115 Å². The third kappa shape index (κ3) is 4.56. The molecule has 0 aromatic rings. The van der Waals surface area contributed by atoms with Crippen molar-refractivity contribution in [3.8, 4) is 0 Å². The summed E-state index contributed by atoms with van der Waals surface area (Å²) in [6.45, 7) is 3.78. The third-order valence-corrected chi connectivity index (χ3v) is 2.80. The van der Waals surface area contributed by atoms with Crippen LogP contribution in [0, 0.1) is 0 Å². The van der Waals surface area contributed by atoms with E-state index in [4.69, 9.17) is 4.11 Å². The number of piperazine rings is 1. The van der Waals surface area contributed by atoms with Crippen molar-refractivity contribution in [1.29, 1.82) is 0 Å². The minimum absolute atomic E-state index is 0.0920. The van der Waals surface area contributed by atoms with Crippen LogP contribution in [-0.4, -0.2) is 59.8 Å². The monoisotopic (exact) mass is 285 g/mol. The number of hydrogen-bond acceptors (Lipinski definition) is 3. The lowest BCUT2D eigenvalue weighted by Gasteiger charge is -2.42. The van der Waals surface area contributed by atoms with Gasteiger partial charge in [-0.05, 0) is 27.7 Å². The van der Waals surface area contributed by atoms with E-state index in [9.17, 15) is 18.0 Å². The van der Waals surface area contributed by atoms with Crippen LogP contribution in [0.3, 0.4) is 0 Å². The standard InChI is InChI=1S/C12H21F3N2O2/c1-9(12(13,14)15)19-10(18)16-5-7-17(8-6-16)11(2,3)4/h9H,5-8H2,1-4H3/i5D,6D,9D. The SMILES string of the molecule is [2H]C1CN(C(C)(C)C)CC([2H])N1C(=O)OC([2H])(C)C(F)(F)F. The molecule has 1 fully saturated rings. The molecular weight excluding hydrogens is 261 g/mol. The second kappa shape index (κ2) is 5.56. The predicted octanol–water partition coefficient (Wildman–Crippen LogP) is 2.49. The molecule has 0 saturated carbocycles. The highest BCUT2D eigenvalue weighted by molar-refractivity contribution is 5.68. The maximum atomic E-state index is 12.6. The van der Waals surface area contributed by atoms with Crippen LogP contribution in [0.2, 0.25) is 0 Å². The van der Waals surface area contributed by atoms with E-state index in [-0.39, 0.29) is 18.6 Å². The summed E-state index contributed by atoms with van der Waals surface area (Å²) in [6.07, 6.45) is -9.93. The molecule has 1 heterocycles. The number of carbonyl (C=O) groups is 1. The van der Waals surface area contributed by atoms with E-state index >= 15 is 0 Å². The van der Waals surface area contributed by atoms with Gasteiger partial charge in [-0.1, -0.05) is 0 Å². The first-order valence-corrected chi connectivity index (χ1v) is 5.84. The fourth-order valence-corrected chi connectivity index (χ4v) is 1.46. The van der Waals surface area contributed by atoms with Crippen LogP contribution >= 0.6 is 0 Å². The van der Waals surface area contributed by atoms with Crippen LogP contribution in [0.1, 0.15) is 31.8 Å². The van der Waals surface area contributed by atoms with Crippen LogP contribution in [0.5, 0.6) is 0 Å². The first-order chi connectivity index (χ1) is 9.67. The van der Waals surface area contributed by atoms with Gasteiger partial charge in [0.25, 0.3) is 0 Å². The largest absolute Gasteiger partial charge is 0.437 e. The highest BCUT2D eigenvalue weighted by atomic mass is 19.4. The van der Waals surface area contributed by atoms with Gasteiger partial charge < -0.3 is 9.64 Å². The highest BCUT2D eigenvalue weighted by Gasteiger charge is 2.40. The van der Waals surface area contributed by atoms with Gasteiger partial charge in [-0.15, -0.1) is 0 Å². The van der Waals surface area contributed by atoms with Crippen molar-refractivity contribution < 1.29 is 26.8 Å². The molecular formula is C12H21F3N2O2. The summed E-state index contributed by atoms with van der Waals surface area (Å²) >= 11 is 0. The lowest BCUT2D eigenvalue weighted by molar-refractivity contribution is -0.200. The smallest absolute Gasteiger partial charge is 0.425 e. The van der Waals surface area contributed by atoms with Gasteiger partial charge in [-0.25, -0.2) is 4.79 Å². The first-order valence-electron chi connectivity index (χ1n) is 7.50. The van der Waals surface area contributed by atoms with Crippen LogP contribution < -0.4 is 0 Å². The Kier molecular flexibility index (Phi) is 3.46. The van der Waals surface area contributed by atoms with Crippen LogP contribution in [0.15, 0.2) is 0 Å². The van der Waals surface area contributed by atoms with Crippen molar-refractivity contribution in [1.82, 2.24) is 9.80 Å². The van der Waals surface area contributed by atoms with Gasteiger partial charge in [0.1, 0.15) is 0 Å². The summed E-state index contributed by atoms with van der Waals surface area (Å²) in [4.78, 5) is 14.3.